The first-order valence-corrected chi connectivity index (χ1v) is 9.03. The van der Waals surface area contributed by atoms with Crippen molar-refractivity contribution in [3.8, 4) is 6.07 Å². The van der Waals surface area contributed by atoms with E-state index in [1.807, 2.05) is 29.2 Å². The maximum atomic E-state index is 13.1. The number of carbonyl (C=O) groups excluding carboxylic acids is 1. The number of nitrogens with zero attached hydrogens (tertiary/aromatic N) is 4. The molecule has 1 spiro atoms. The van der Waals surface area contributed by atoms with Gasteiger partial charge in [-0.15, -0.1) is 0 Å². The highest BCUT2D eigenvalue weighted by molar-refractivity contribution is 6.04. The van der Waals surface area contributed by atoms with Crippen LogP contribution in [0.4, 0.5) is 10.5 Å². The van der Waals surface area contributed by atoms with E-state index in [1.165, 1.54) is 19.3 Å². The van der Waals surface area contributed by atoms with Gasteiger partial charge in [0, 0.05) is 23.0 Å². The van der Waals surface area contributed by atoms with Crippen molar-refractivity contribution in [2.45, 2.75) is 44.2 Å². The molecule has 1 atom stereocenters. The average molecular weight is 332 g/mol. The number of amides is 2. The van der Waals surface area contributed by atoms with Crippen LogP contribution in [0.5, 0.6) is 0 Å². The Balaban J connectivity index is 1.48. The van der Waals surface area contributed by atoms with Crippen molar-refractivity contribution in [1.29, 1.82) is 5.26 Å². The number of rotatable bonds is 2. The van der Waals surface area contributed by atoms with E-state index < -0.39 is 6.04 Å². The third kappa shape index (κ3) is 2.07. The minimum atomic E-state index is -0.446. The molecule has 0 unspecified atom stereocenters. The molecule has 1 saturated heterocycles. The first-order valence-electron chi connectivity index (χ1n) is 9.03. The first-order chi connectivity index (χ1) is 12.2. The maximum Gasteiger partial charge on any atom is 0.326 e. The van der Waals surface area contributed by atoms with Crippen LogP contribution in [0.3, 0.4) is 0 Å². The highest BCUT2D eigenvalue weighted by atomic mass is 16.2. The molecule has 2 saturated carbocycles. The lowest BCUT2D eigenvalue weighted by Gasteiger charge is -2.56. The van der Waals surface area contributed by atoms with Gasteiger partial charge in [-0.3, -0.25) is 9.88 Å². The van der Waals surface area contributed by atoms with E-state index in [0.717, 1.165) is 29.3 Å². The highest BCUT2D eigenvalue weighted by Gasteiger charge is 2.54. The second-order valence-electron chi connectivity index (χ2n) is 7.75. The van der Waals surface area contributed by atoms with E-state index in [9.17, 15) is 10.1 Å². The van der Waals surface area contributed by atoms with Crippen LogP contribution in [0.25, 0.3) is 10.8 Å². The minimum Gasteiger partial charge on any atom is -0.318 e. The quantitative estimate of drug-likeness (QED) is 0.842. The second-order valence-corrected chi connectivity index (χ2v) is 7.75. The molecule has 3 fully saturated rings. The van der Waals surface area contributed by atoms with Gasteiger partial charge in [0.25, 0.3) is 0 Å². The van der Waals surface area contributed by atoms with E-state index in [4.69, 9.17) is 0 Å². The van der Waals surface area contributed by atoms with Crippen LogP contribution in [0, 0.1) is 16.7 Å². The van der Waals surface area contributed by atoms with Crippen molar-refractivity contribution in [2.24, 2.45) is 5.41 Å². The van der Waals surface area contributed by atoms with Gasteiger partial charge < -0.3 is 4.90 Å². The highest BCUT2D eigenvalue weighted by Crippen LogP contribution is 2.57. The molecule has 3 aliphatic rings. The van der Waals surface area contributed by atoms with Gasteiger partial charge in [-0.25, -0.2) is 4.79 Å². The number of hydrogen-bond acceptors (Lipinski definition) is 3. The zero-order valence-electron chi connectivity index (χ0n) is 14.1. The van der Waals surface area contributed by atoms with Gasteiger partial charge in [-0.1, -0.05) is 30.7 Å². The second kappa shape index (κ2) is 5.19. The molecule has 2 aliphatic carbocycles. The zero-order valence-corrected chi connectivity index (χ0v) is 14.1. The van der Waals surface area contributed by atoms with Crippen LogP contribution in [0.15, 0.2) is 36.7 Å². The SMILES string of the molecule is N#C[C@@H]1CN(C2CC3(CCC3)C2)C(=O)N1c1cncc2ccccc12. The van der Waals surface area contributed by atoms with Crippen molar-refractivity contribution in [2.75, 3.05) is 11.4 Å². The molecule has 0 bridgehead atoms. The fraction of sp³-hybridized carbons (Fsp3) is 0.450. The molecule has 126 valence electrons. The smallest absolute Gasteiger partial charge is 0.318 e. The third-order valence-electron chi connectivity index (χ3n) is 6.38. The lowest BCUT2D eigenvalue weighted by Crippen LogP contribution is -2.54. The summed E-state index contributed by atoms with van der Waals surface area (Å²) in [6.45, 7) is 0.499. The van der Waals surface area contributed by atoms with Gasteiger partial charge in [0.2, 0.25) is 0 Å². The molecular formula is C20H20N4O. The predicted molar refractivity (Wildman–Crippen MR) is 95.0 cm³/mol. The number of fused-ring (bicyclic) bond motifs is 1. The van der Waals surface area contributed by atoms with Crippen LogP contribution in [0.1, 0.15) is 32.1 Å². The molecular weight excluding hydrogens is 312 g/mol. The normalized spacial score (nSPS) is 25.1. The van der Waals surface area contributed by atoms with Crippen LogP contribution in [-0.2, 0) is 0 Å². The van der Waals surface area contributed by atoms with Crippen LogP contribution < -0.4 is 4.90 Å². The number of nitriles is 1. The number of urea groups is 1. The Kier molecular flexibility index (Phi) is 3.05. The summed E-state index contributed by atoms with van der Waals surface area (Å²) in [6, 6.07) is 10.0. The lowest BCUT2D eigenvalue weighted by molar-refractivity contribution is -0.0355. The van der Waals surface area contributed by atoms with Gasteiger partial charge in [0.05, 0.1) is 24.5 Å². The van der Waals surface area contributed by atoms with Gasteiger partial charge in [-0.2, -0.15) is 5.26 Å². The topological polar surface area (TPSA) is 60.2 Å². The Bertz CT molecular complexity index is 885. The summed E-state index contributed by atoms with van der Waals surface area (Å²) in [6.07, 6.45) is 9.67. The Morgan fingerprint density at radius 2 is 2.00 bits per heavy atom. The lowest BCUT2D eigenvalue weighted by atomic mass is 9.54. The Morgan fingerprint density at radius 3 is 2.72 bits per heavy atom. The minimum absolute atomic E-state index is 0.0381. The number of anilines is 1. The molecule has 1 aromatic heterocycles. The largest absolute Gasteiger partial charge is 0.326 e. The monoisotopic (exact) mass is 332 g/mol. The van der Waals surface area contributed by atoms with E-state index in [0.29, 0.717) is 18.0 Å². The average Bonchev–Trinajstić information content (AvgIpc) is 2.88. The fourth-order valence-electron chi connectivity index (χ4n) is 4.83. The summed E-state index contributed by atoms with van der Waals surface area (Å²) in [5.41, 5.74) is 1.26. The van der Waals surface area contributed by atoms with Gasteiger partial charge >= 0.3 is 6.03 Å². The number of pyridine rings is 1. The van der Waals surface area contributed by atoms with Crippen molar-refractivity contribution in [3.63, 3.8) is 0 Å². The molecule has 25 heavy (non-hydrogen) atoms. The standard InChI is InChI=1S/C20H20N4O/c21-10-16-13-23(15-8-20(9-15)6-3-7-20)19(25)24(16)18-12-22-11-14-4-1-2-5-17(14)18/h1-2,4-5,11-12,15-16H,3,6-9,13H2/t16-/m1/s1. The van der Waals surface area contributed by atoms with Crippen molar-refractivity contribution in [3.05, 3.63) is 36.7 Å². The van der Waals surface area contributed by atoms with Crippen molar-refractivity contribution < 1.29 is 4.79 Å². The van der Waals surface area contributed by atoms with E-state index >= 15 is 0 Å². The Morgan fingerprint density at radius 1 is 1.20 bits per heavy atom. The number of benzene rings is 1. The summed E-state index contributed by atoms with van der Waals surface area (Å²) in [5, 5.41) is 11.6. The summed E-state index contributed by atoms with van der Waals surface area (Å²) in [7, 11) is 0. The third-order valence-corrected chi connectivity index (χ3v) is 6.38. The van der Waals surface area contributed by atoms with E-state index in [-0.39, 0.29) is 6.03 Å². The van der Waals surface area contributed by atoms with Crippen molar-refractivity contribution >= 4 is 22.5 Å². The maximum absolute atomic E-state index is 13.1. The molecule has 5 heteroatoms. The van der Waals surface area contributed by atoms with Crippen LogP contribution >= 0.6 is 0 Å². The molecule has 1 aromatic carbocycles. The first kappa shape index (κ1) is 14.7. The summed E-state index contributed by atoms with van der Waals surface area (Å²) in [5.74, 6) is 0. The van der Waals surface area contributed by atoms with Gasteiger partial charge in [0.15, 0.2) is 0 Å². The van der Waals surface area contributed by atoms with Gasteiger partial charge in [0.1, 0.15) is 6.04 Å². The molecule has 1 aliphatic heterocycles. The number of hydrogen-bond donors (Lipinski definition) is 0. The summed E-state index contributed by atoms with van der Waals surface area (Å²) >= 11 is 0. The molecule has 5 nitrogen and oxygen atoms in total. The fourth-order valence-corrected chi connectivity index (χ4v) is 4.83. The molecule has 5 rings (SSSR count). The van der Waals surface area contributed by atoms with E-state index in [2.05, 4.69) is 11.1 Å². The molecule has 2 heterocycles. The van der Waals surface area contributed by atoms with Crippen molar-refractivity contribution in [1.82, 2.24) is 9.88 Å². The molecule has 0 N–H and O–H groups in total. The molecule has 0 radical (unpaired) electrons. The number of aromatic nitrogens is 1. The molecule has 2 aromatic rings. The van der Waals surface area contributed by atoms with Crippen LogP contribution in [-0.4, -0.2) is 34.5 Å². The van der Waals surface area contributed by atoms with Gasteiger partial charge in [-0.05, 0) is 31.1 Å². The van der Waals surface area contributed by atoms with E-state index in [1.54, 1.807) is 17.3 Å². The zero-order chi connectivity index (χ0) is 17.0. The molecule has 2 amide bonds. The summed E-state index contributed by atoms with van der Waals surface area (Å²) in [4.78, 5) is 21.0. The Labute approximate surface area is 146 Å². The predicted octanol–water partition coefficient (Wildman–Crippen LogP) is 3.70. The Hall–Kier alpha value is -2.61. The number of carbonyl (C=O) groups is 1. The summed E-state index contributed by atoms with van der Waals surface area (Å²) < 4.78 is 0. The van der Waals surface area contributed by atoms with Crippen LogP contribution in [0.2, 0.25) is 0 Å².